The van der Waals surface area contributed by atoms with Gasteiger partial charge in [-0.1, -0.05) is 12.8 Å². The molecular formula is C12H18O5. The molecule has 0 aromatic heterocycles. The van der Waals surface area contributed by atoms with Gasteiger partial charge in [0.1, 0.15) is 0 Å². The fourth-order valence-electron chi connectivity index (χ4n) is 2.91. The van der Waals surface area contributed by atoms with Crippen LogP contribution in [0, 0.1) is 5.41 Å². The van der Waals surface area contributed by atoms with Gasteiger partial charge in [0.2, 0.25) is 0 Å². The molecule has 17 heavy (non-hydrogen) atoms. The molecule has 96 valence electrons. The molecule has 1 unspecified atom stereocenters. The van der Waals surface area contributed by atoms with Crippen molar-refractivity contribution in [3.05, 3.63) is 0 Å². The second-order valence-electron chi connectivity index (χ2n) is 5.22. The van der Waals surface area contributed by atoms with E-state index >= 15 is 0 Å². The van der Waals surface area contributed by atoms with Crippen molar-refractivity contribution < 1.29 is 24.5 Å². The van der Waals surface area contributed by atoms with E-state index in [1.807, 2.05) is 0 Å². The predicted octanol–water partition coefficient (Wildman–Crippen LogP) is 0.742. The van der Waals surface area contributed by atoms with Crippen molar-refractivity contribution in [3.63, 3.8) is 0 Å². The first-order valence-corrected chi connectivity index (χ1v) is 6.05. The second-order valence-corrected chi connectivity index (χ2v) is 5.22. The predicted molar refractivity (Wildman–Crippen MR) is 58.5 cm³/mol. The van der Waals surface area contributed by atoms with E-state index in [1.54, 1.807) is 0 Å². The summed E-state index contributed by atoms with van der Waals surface area (Å²) in [7, 11) is 0. The van der Waals surface area contributed by atoms with Crippen LogP contribution < -0.4 is 0 Å². The van der Waals surface area contributed by atoms with Crippen LogP contribution in [0.2, 0.25) is 0 Å². The van der Waals surface area contributed by atoms with E-state index < -0.39 is 17.0 Å². The van der Waals surface area contributed by atoms with Gasteiger partial charge in [0.05, 0.1) is 18.8 Å². The highest BCUT2D eigenvalue weighted by Gasteiger charge is 2.53. The fourth-order valence-corrected chi connectivity index (χ4v) is 2.91. The molecule has 1 aliphatic carbocycles. The third-order valence-corrected chi connectivity index (χ3v) is 3.93. The minimum absolute atomic E-state index is 0.00579. The molecule has 2 aliphatic rings. The molecule has 1 heterocycles. The molecule has 0 aromatic rings. The van der Waals surface area contributed by atoms with Gasteiger partial charge in [-0.05, 0) is 12.8 Å². The molecule has 1 atom stereocenters. The average Bonchev–Trinajstić information content (AvgIpc) is 2.68. The number of ether oxygens (including phenoxy) is 1. The summed E-state index contributed by atoms with van der Waals surface area (Å²) in [6.45, 7) is 0.176. The van der Waals surface area contributed by atoms with Crippen molar-refractivity contribution in [2.45, 2.75) is 44.1 Å². The molecule has 0 aromatic carbocycles. The lowest BCUT2D eigenvalue weighted by Gasteiger charge is -2.37. The molecule has 0 radical (unpaired) electrons. The lowest BCUT2D eigenvalue weighted by molar-refractivity contribution is -0.170. The molecular weight excluding hydrogens is 224 g/mol. The monoisotopic (exact) mass is 242 g/mol. The molecule has 1 aliphatic heterocycles. The van der Waals surface area contributed by atoms with Gasteiger partial charge in [-0.2, -0.15) is 0 Å². The normalized spacial score (nSPS) is 32.6. The average molecular weight is 242 g/mol. The summed E-state index contributed by atoms with van der Waals surface area (Å²) in [6.07, 6.45) is 3.06. The van der Waals surface area contributed by atoms with E-state index in [0.29, 0.717) is 12.8 Å². The van der Waals surface area contributed by atoms with Gasteiger partial charge in [0, 0.05) is 12.8 Å². The molecule has 1 saturated carbocycles. The third-order valence-electron chi connectivity index (χ3n) is 3.93. The Morgan fingerprint density at radius 1 is 1.35 bits per heavy atom. The third kappa shape index (κ3) is 2.21. The van der Waals surface area contributed by atoms with Gasteiger partial charge in [0.15, 0.2) is 11.2 Å². The molecule has 5 nitrogen and oxygen atoms in total. The molecule has 0 amide bonds. The van der Waals surface area contributed by atoms with Gasteiger partial charge in [-0.15, -0.1) is 0 Å². The quantitative estimate of drug-likeness (QED) is 0.713. The number of ketones is 1. The summed E-state index contributed by atoms with van der Waals surface area (Å²) in [6, 6.07) is 0. The van der Waals surface area contributed by atoms with Gasteiger partial charge in [-0.3, -0.25) is 9.59 Å². The van der Waals surface area contributed by atoms with Crippen molar-refractivity contribution in [3.8, 4) is 0 Å². The smallest absolute Gasteiger partial charge is 0.319 e. The van der Waals surface area contributed by atoms with E-state index in [1.165, 1.54) is 0 Å². The molecule has 2 rings (SSSR count). The summed E-state index contributed by atoms with van der Waals surface area (Å²) in [5.41, 5.74) is -2.54. The summed E-state index contributed by atoms with van der Waals surface area (Å²) in [5.74, 6) is -1.47. The zero-order valence-corrected chi connectivity index (χ0v) is 9.78. The molecule has 0 spiro atoms. The zero-order valence-electron chi connectivity index (χ0n) is 9.78. The van der Waals surface area contributed by atoms with E-state index in [-0.39, 0.29) is 31.8 Å². The Labute approximate surface area is 99.8 Å². The van der Waals surface area contributed by atoms with Gasteiger partial charge in [-0.25, -0.2) is 0 Å². The highest BCUT2D eigenvalue weighted by molar-refractivity contribution is 6.03. The zero-order chi connectivity index (χ0) is 12.5. The van der Waals surface area contributed by atoms with E-state index in [9.17, 15) is 19.8 Å². The molecule has 0 bridgehead atoms. The summed E-state index contributed by atoms with van der Waals surface area (Å²) in [5, 5.41) is 19.6. The van der Waals surface area contributed by atoms with Crippen LogP contribution >= 0.6 is 0 Å². The van der Waals surface area contributed by atoms with Crippen LogP contribution in [0.4, 0.5) is 0 Å². The summed E-state index contributed by atoms with van der Waals surface area (Å²) in [4.78, 5) is 23.3. The number of carboxylic acids is 1. The standard InChI is InChI=1S/C12H18O5/c13-9-3-6-17-8-12(9,10(14)15)7-11(16)4-1-2-5-11/h16H,1-8H2,(H,14,15). The number of Topliss-reactive ketones (excluding diaryl/α,β-unsaturated/α-hetero) is 1. The van der Waals surface area contributed by atoms with Crippen molar-refractivity contribution in [1.29, 1.82) is 0 Å². The van der Waals surface area contributed by atoms with E-state index in [0.717, 1.165) is 12.8 Å². The number of carboxylic acid groups (broad SMARTS) is 1. The van der Waals surface area contributed by atoms with E-state index in [4.69, 9.17) is 4.74 Å². The number of carbonyl (C=O) groups is 2. The van der Waals surface area contributed by atoms with Gasteiger partial charge < -0.3 is 14.9 Å². The Bertz CT molecular complexity index is 332. The number of aliphatic hydroxyl groups is 1. The Hall–Kier alpha value is -0.940. The Kier molecular flexibility index (Phi) is 3.23. The van der Waals surface area contributed by atoms with Crippen molar-refractivity contribution in [2.75, 3.05) is 13.2 Å². The first kappa shape index (κ1) is 12.5. The van der Waals surface area contributed by atoms with E-state index in [2.05, 4.69) is 0 Å². The van der Waals surface area contributed by atoms with Crippen LogP contribution in [0.3, 0.4) is 0 Å². The maximum Gasteiger partial charge on any atom is 0.319 e. The summed E-state index contributed by atoms with van der Waals surface area (Å²) < 4.78 is 5.16. The molecule has 2 N–H and O–H groups in total. The van der Waals surface area contributed by atoms with Crippen LogP contribution in [0.25, 0.3) is 0 Å². The molecule has 2 fully saturated rings. The van der Waals surface area contributed by atoms with Crippen LogP contribution in [0.1, 0.15) is 38.5 Å². The maximum atomic E-state index is 11.9. The number of hydrogen-bond acceptors (Lipinski definition) is 4. The molecule has 5 heteroatoms. The highest BCUT2D eigenvalue weighted by atomic mass is 16.5. The first-order chi connectivity index (χ1) is 7.99. The van der Waals surface area contributed by atoms with Crippen LogP contribution in [-0.2, 0) is 14.3 Å². The lowest BCUT2D eigenvalue weighted by Crippen LogP contribution is -2.51. The first-order valence-electron chi connectivity index (χ1n) is 6.05. The highest BCUT2D eigenvalue weighted by Crippen LogP contribution is 2.42. The lowest BCUT2D eigenvalue weighted by atomic mass is 9.72. The van der Waals surface area contributed by atoms with Gasteiger partial charge in [0.25, 0.3) is 0 Å². The number of aliphatic carboxylic acids is 1. The maximum absolute atomic E-state index is 11.9. The Balaban J connectivity index is 2.22. The molecule has 1 saturated heterocycles. The summed E-state index contributed by atoms with van der Waals surface area (Å²) >= 11 is 0. The van der Waals surface area contributed by atoms with Crippen molar-refractivity contribution in [2.24, 2.45) is 5.41 Å². The number of rotatable bonds is 3. The SMILES string of the molecule is O=C(O)C1(CC2(O)CCCC2)COCCC1=O. The topological polar surface area (TPSA) is 83.8 Å². The van der Waals surface area contributed by atoms with Crippen LogP contribution in [-0.4, -0.2) is 40.8 Å². The van der Waals surface area contributed by atoms with Crippen LogP contribution in [0.15, 0.2) is 0 Å². The largest absolute Gasteiger partial charge is 0.480 e. The van der Waals surface area contributed by atoms with Crippen molar-refractivity contribution in [1.82, 2.24) is 0 Å². The number of hydrogen-bond donors (Lipinski definition) is 2. The Morgan fingerprint density at radius 3 is 2.53 bits per heavy atom. The van der Waals surface area contributed by atoms with Crippen LogP contribution in [0.5, 0.6) is 0 Å². The second kappa shape index (κ2) is 4.38. The van der Waals surface area contributed by atoms with Crippen molar-refractivity contribution >= 4 is 11.8 Å². The fraction of sp³-hybridized carbons (Fsp3) is 0.833. The minimum Gasteiger partial charge on any atom is -0.480 e. The van der Waals surface area contributed by atoms with Gasteiger partial charge >= 0.3 is 5.97 Å². The Morgan fingerprint density at radius 2 is 2.00 bits per heavy atom. The number of carbonyl (C=O) groups excluding carboxylic acids is 1. The minimum atomic E-state index is -1.53.